The van der Waals surface area contributed by atoms with Gasteiger partial charge in [0.25, 0.3) is 5.91 Å². The highest BCUT2D eigenvalue weighted by Gasteiger charge is 2.11. The Morgan fingerprint density at radius 2 is 1.95 bits per heavy atom. The molecule has 0 bridgehead atoms. The van der Waals surface area contributed by atoms with E-state index in [-0.39, 0.29) is 5.91 Å². The maximum Gasteiger partial charge on any atom is 0.274 e. The molecule has 3 rings (SSSR count). The smallest absolute Gasteiger partial charge is 0.274 e. The normalized spacial score (nSPS) is 10.0. The minimum Gasteiger partial charge on any atom is -0.321 e. The van der Waals surface area contributed by atoms with Crippen LogP contribution in [-0.2, 0) is 0 Å². The number of hydrogen-bond acceptors (Lipinski definition) is 3. The third-order valence-corrected chi connectivity index (χ3v) is 3.14. The quantitative estimate of drug-likeness (QED) is 0.778. The average Bonchev–Trinajstić information content (AvgIpc) is 2.54. The van der Waals surface area contributed by atoms with Crippen molar-refractivity contribution in [2.45, 2.75) is 0 Å². The fourth-order valence-corrected chi connectivity index (χ4v) is 2.16. The van der Waals surface area contributed by atoms with Crippen molar-refractivity contribution in [3.8, 4) is 6.07 Å². The summed E-state index contributed by atoms with van der Waals surface area (Å²) in [4.78, 5) is 16.5. The molecule has 100 valence electrons. The Labute approximate surface area is 121 Å². The van der Waals surface area contributed by atoms with Crippen molar-refractivity contribution in [3.63, 3.8) is 0 Å². The van der Waals surface area contributed by atoms with Gasteiger partial charge < -0.3 is 5.32 Å². The lowest BCUT2D eigenvalue weighted by atomic mass is 10.1. The molecule has 0 saturated heterocycles. The Morgan fingerprint density at radius 1 is 1.10 bits per heavy atom. The summed E-state index contributed by atoms with van der Waals surface area (Å²) in [7, 11) is 0. The molecule has 0 aliphatic carbocycles. The first-order chi connectivity index (χ1) is 10.3. The molecule has 2 aromatic carbocycles. The van der Waals surface area contributed by atoms with Gasteiger partial charge in [0.15, 0.2) is 0 Å². The van der Waals surface area contributed by atoms with Gasteiger partial charge in [0.2, 0.25) is 0 Å². The van der Waals surface area contributed by atoms with E-state index in [4.69, 9.17) is 5.26 Å². The second-order valence-electron chi connectivity index (χ2n) is 4.53. The minimum atomic E-state index is -0.290. The fourth-order valence-electron chi connectivity index (χ4n) is 2.16. The molecule has 0 aliphatic rings. The number of pyridine rings is 1. The van der Waals surface area contributed by atoms with E-state index in [9.17, 15) is 4.79 Å². The van der Waals surface area contributed by atoms with Crippen LogP contribution >= 0.6 is 0 Å². The number of nitriles is 1. The van der Waals surface area contributed by atoms with E-state index in [1.807, 2.05) is 36.4 Å². The SMILES string of the molecule is N#Cc1cccc(NC(=O)c2nccc3ccccc23)c1. The van der Waals surface area contributed by atoms with E-state index < -0.39 is 0 Å². The number of hydrogen-bond donors (Lipinski definition) is 1. The summed E-state index contributed by atoms with van der Waals surface area (Å²) in [6.07, 6.45) is 1.61. The molecular formula is C17H11N3O. The number of carbonyl (C=O) groups excluding carboxylic acids is 1. The van der Waals surface area contributed by atoms with E-state index in [1.165, 1.54) is 0 Å². The zero-order valence-electron chi connectivity index (χ0n) is 11.1. The second kappa shape index (κ2) is 5.43. The molecular weight excluding hydrogens is 262 g/mol. The van der Waals surface area contributed by atoms with Gasteiger partial charge in [-0.15, -0.1) is 0 Å². The van der Waals surface area contributed by atoms with Crippen LogP contribution in [0.3, 0.4) is 0 Å². The number of aromatic nitrogens is 1. The molecule has 0 unspecified atom stereocenters. The summed E-state index contributed by atoms with van der Waals surface area (Å²) < 4.78 is 0. The summed E-state index contributed by atoms with van der Waals surface area (Å²) in [6, 6.07) is 18.3. The summed E-state index contributed by atoms with van der Waals surface area (Å²) >= 11 is 0. The van der Waals surface area contributed by atoms with Crippen LogP contribution in [0, 0.1) is 11.3 Å². The predicted molar refractivity (Wildman–Crippen MR) is 80.9 cm³/mol. The topological polar surface area (TPSA) is 65.8 Å². The Kier molecular flexibility index (Phi) is 3.32. The Morgan fingerprint density at radius 3 is 2.81 bits per heavy atom. The molecule has 4 nitrogen and oxygen atoms in total. The van der Waals surface area contributed by atoms with Gasteiger partial charge in [0.1, 0.15) is 5.69 Å². The van der Waals surface area contributed by atoms with Gasteiger partial charge in [0, 0.05) is 17.3 Å². The van der Waals surface area contributed by atoms with Crippen LogP contribution in [0.1, 0.15) is 16.1 Å². The molecule has 0 atom stereocenters. The third kappa shape index (κ3) is 2.58. The van der Waals surface area contributed by atoms with Crippen molar-refractivity contribution in [2.75, 3.05) is 5.32 Å². The van der Waals surface area contributed by atoms with Gasteiger partial charge in [0.05, 0.1) is 11.6 Å². The molecule has 0 saturated carbocycles. The van der Waals surface area contributed by atoms with Crippen LogP contribution < -0.4 is 5.32 Å². The number of anilines is 1. The van der Waals surface area contributed by atoms with Crippen LogP contribution in [0.25, 0.3) is 10.8 Å². The number of amides is 1. The van der Waals surface area contributed by atoms with Crippen LogP contribution in [-0.4, -0.2) is 10.9 Å². The van der Waals surface area contributed by atoms with Crippen molar-refractivity contribution in [1.82, 2.24) is 4.98 Å². The monoisotopic (exact) mass is 273 g/mol. The van der Waals surface area contributed by atoms with Crippen molar-refractivity contribution >= 4 is 22.4 Å². The Bertz CT molecular complexity index is 860. The first kappa shape index (κ1) is 12.8. The lowest BCUT2D eigenvalue weighted by Crippen LogP contribution is -2.14. The highest BCUT2D eigenvalue weighted by Crippen LogP contribution is 2.18. The maximum atomic E-state index is 12.4. The van der Waals surface area contributed by atoms with E-state index in [0.717, 1.165) is 10.8 Å². The lowest BCUT2D eigenvalue weighted by Gasteiger charge is -2.07. The third-order valence-electron chi connectivity index (χ3n) is 3.14. The zero-order chi connectivity index (χ0) is 14.7. The van der Waals surface area contributed by atoms with E-state index in [1.54, 1.807) is 30.5 Å². The molecule has 1 aromatic heterocycles. The maximum absolute atomic E-state index is 12.4. The first-order valence-electron chi connectivity index (χ1n) is 6.43. The van der Waals surface area contributed by atoms with E-state index >= 15 is 0 Å². The number of nitrogens with zero attached hydrogens (tertiary/aromatic N) is 2. The minimum absolute atomic E-state index is 0.290. The van der Waals surface area contributed by atoms with Gasteiger partial charge in [-0.2, -0.15) is 5.26 Å². The Hall–Kier alpha value is -3.19. The molecule has 1 heterocycles. The summed E-state index contributed by atoms with van der Waals surface area (Å²) in [6.45, 7) is 0. The van der Waals surface area contributed by atoms with Crippen molar-refractivity contribution < 1.29 is 4.79 Å². The Balaban J connectivity index is 1.96. The number of fused-ring (bicyclic) bond motifs is 1. The van der Waals surface area contributed by atoms with Gasteiger partial charge in [-0.05, 0) is 29.7 Å². The van der Waals surface area contributed by atoms with Crippen molar-refractivity contribution in [1.29, 1.82) is 5.26 Å². The summed E-state index contributed by atoms with van der Waals surface area (Å²) in [5, 5.41) is 13.4. The number of rotatable bonds is 2. The van der Waals surface area contributed by atoms with Gasteiger partial charge >= 0.3 is 0 Å². The lowest BCUT2D eigenvalue weighted by molar-refractivity contribution is 0.102. The van der Waals surface area contributed by atoms with E-state index in [2.05, 4.69) is 10.3 Å². The van der Waals surface area contributed by atoms with Crippen LogP contribution in [0.4, 0.5) is 5.69 Å². The van der Waals surface area contributed by atoms with Gasteiger partial charge in [-0.25, -0.2) is 0 Å². The second-order valence-corrected chi connectivity index (χ2v) is 4.53. The molecule has 21 heavy (non-hydrogen) atoms. The highest BCUT2D eigenvalue weighted by molar-refractivity contribution is 6.11. The molecule has 3 aromatic rings. The van der Waals surface area contributed by atoms with Crippen molar-refractivity contribution in [3.05, 3.63) is 72.1 Å². The largest absolute Gasteiger partial charge is 0.321 e. The standard InChI is InChI=1S/C17H11N3O/c18-11-12-4-3-6-14(10-12)20-17(21)16-15-7-2-1-5-13(15)8-9-19-16/h1-10H,(H,20,21). The molecule has 0 radical (unpaired) electrons. The van der Waals surface area contributed by atoms with Crippen LogP contribution in [0.5, 0.6) is 0 Å². The number of carbonyl (C=O) groups is 1. The van der Waals surface area contributed by atoms with Crippen molar-refractivity contribution in [2.24, 2.45) is 0 Å². The zero-order valence-corrected chi connectivity index (χ0v) is 11.1. The highest BCUT2D eigenvalue weighted by atomic mass is 16.1. The molecule has 1 N–H and O–H groups in total. The van der Waals surface area contributed by atoms with Crippen LogP contribution in [0.15, 0.2) is 60.8 Å². The van der Waals surface area contributed by atoms with E-state index in [0.29, 0.717) is 16.9 Å². The summed E-state index contributed by atoms with van der Waals surface area (Å²) in [5.74, 6) is -0.290. The average molecular weight is 273 g/mol. The van der Waals surface area contributed by atoms with Gasteiger partial charge in [-0.3, -0.25) is 9.78 Å². The number of nitrogens with one attached hydrogen (secondary N) is 1. The predicted octanol–water partition coefficient (Wildman–Crippen LogP) is 3.36. The molecule has 0 spiro atoms. The fraction of sp³-hybridized carbons (Fsp3) is 0. The van der Waals surface area contributed by atoms with Gasteiger partial charge in [-0.1, -0.05) is 30.3 Å². The van der Waals surface area contributed by atoms with Crippen LogP contribution in [0.2, 0.25) is 0 Å². The molecule has 4 heteroatoms. The molecule has 1 amide bonds. The summed E-state index contributed by atoms with van der Waals surface area (Å²) in [5.41, 5.74) is 1.45. The number of benzene rings is 2. The first-order valence-corrected chi connectivity index (χ1v) is 6.43. The molecule has 0 fully saturated rings. The molecule has 0 aliphatic heterocycles.